The normalized spacial score (nSPS) is 23.5. The second-order valence-corrected chi connectivity index (χ2v) is 5.77. The van der Waals surface area contributed by atoms with Crippen molar-refractivity contribution in [2.75, 3.05) is 46.4 Å². The third kappa shape index (κ3) is 4.44. The summed E-state index contributed by atoms with van der Waals surface area (Å²) < 4.78 is 5.28. The standard InChI is InChI=1S/C14H26N2O3/c1-15(14(18)12-4-2-3-5-12)10-13(17)11-16-6-8-19-9-7-16/h12-13,17H,2-11H2,1H3. The monoisotopic (exact) mass is 270 g/mol. The molecule has 1 N–H and O–H groups in total. The topological polar surface area (TPSA) is 53.0 Å². The molecule has 1 amide bonds. The zero-order valence-electron chi connectivity index (χ0n) is 11.9. The number of carbonyl (C=O) groups is 1. The highest BCUT2D eigenvalue weighted by Gasteiger charge is 2.26. The van der Waals surface area contributed by atoms with Crippen molar-refractivity contribution in [3.05, 3.63) is 0 Å². The first-order valence-electron chi connectivity index (χ1n) is 7.40. The minimum atomic E-state index is -0.464. The molecule has 5 heteroatoms. The van der Waals surface area contributed by atoms with Crippen molar-refractivity contribution in [1.82, 2.24) is 9.80 Å². The lowest BCUT2D eigenvalue weighted by Gasteiger charge is -2.30. The Bertz CT molecular complexity index is 286. The van der Waals surface area contributed by atoms with Crippen LogP contribution in [0.5, 0.6) is 0 Å². The summed E-state index contributed by atoms with van der Waals surface area (Å²) >= 11 is 0. The van der Waals surface area contributed by atoms with Crippen LogP contribution in [0.1, 0.15) is 25.7 Å². The molecule has 0 radical (unpaired) electrons. The van der Waals surface area contributed by atoms with Crippen LogP contribution in [0.3, 0.4) is 0 Å². The third-order valence-corrected chi connectivity index (χ3v) is 4.14. The van der Waals surface area contributed by atoms with Crippen LogP contribution in [-0.2, 0) is 9.53 Å². The molecule has 2 fully saturated rings. The number of morpholine rings is 1. The molecule has 1 saturated carbocycles. The van der Waals surface area contributed by atoms with E-state index in [2.05, 4.69) is 4.90 Å². The van der Waals surface area contributed by atoms with Gasteiger partial charge in [-0.2, -0.15) is 0 Å². The van der Waals surface area contributed by atoms with Gasteiger partial charge in [-0.05, 0) is 12.8 Å². The zero-order chi connectivity index (χ0) is 13.7. The molecule has 1 aliphatic heterocycles. The van der Waals surface area contributed by atoms with Gasteiger partial charge < -0.3 is 14.7 Å². The average molecular weight is 270 g/mol. The second kappa shape index (κ2) is 7.22. The maximum absolute atomic E-state index is 12.2. The second-order valence-electron chi connectivity index (χ2n) is 5.77. The summed E-state index contributed by atoms with van der Waals surface area (Å²) in [6.45, 7) is 4.29. The van der Waals surface area contributed by atoms with E-state index in [1.165, 1.54) is 12.8 Å². The Kier molecular flexibility index (Phi) is 5.60. The molecule has 1 unspecified atom stereocenters. The van der Waals surface area contributed by atoms with E-state index in [9.17, 15) is 9.90 Å². The van der Waals surface area contributed by atoms with Crippen molar-refractivity contribution >= 4 is 5.91 Å². The molecule has 1 saturated heterocycles. The fraction of sp³-hybridized carbons (Fsp3) is 0.929. The molecule has 2 aliphatic rings. The van der Waals surface area contributed by atoms with Crippen LogP contribution in [0.4, 0.5) is 0 Å². The first-order chi connectivity index (χ1) is 9.16. The lowest BCUT2D eigenvalue weighted by atomic mass is 10.1. The highest BCUT2D eigenvalue weighted by Crippen LogP contribution is 2.26. The van der Waals surface area contributed by atoms with Crippen molar-refractivity contribution in [1.29, 1.82) is 0 Å². The first-order valence-corrected chi connectivity index (χ1v) is 7.40. The first kappa shape index (κ1) is 14.8. The summed E-state index contributed by atoms with van der Waals surface area (Å²) in [5, 5.41) is 10.1. The molecule has 0 aromatic rings. The van der Waals surface area contributed by atoms with Crippen LogP contribution < -0.4 is 0 Å². The largest absolute Gasteiger partial charge is 0.390 e. The minimum absolute atomic E-state index is 0.195. The summed E-state index contributed by atoms with van der Waals surface area (Å²) in [7, 11) is 1.81. The number of carbonyl (C=O) groups excluding carboxylic acids is 1. The van der Waals surface area contributed by atoms with Gasteiger partial charge in [-0.1, -0.05) is 12.8 Å². The number of hydrogen-bond acceptors (Lipinski definition) is 4. The summed E-state index contributed by atoms with van der Waals surface area (Å²) in [6.07, 6.45) is 3.90. The van der Waals surface area contributed by atoms with Gasteiger partial charge in [-0.3, -0.25) is 9.69 Å². The highest BCUT2D eigenvalue weighted by molar-refractivity contribution is 5.78. The molecule has 0 bridgehead atoms. The molecular weight excluding hydrogens is 244 g/mol. The van der Waals surface area contributed by atoms with E-state index in [0.29, 0.717) is 13.1 Å². The van der Waals surface area contributed by atoms with Gasteiger partial charge in [0.2, 0.25) is 5.91 Å². The summed E-state index contributed by atoms with van der Waals surface area (Å²) in [4.78, 5) is 16.1. The minimum Gasteiger partial charge on any atom is -0.390 e. The Morgan fingerprint density at radius 2 is 2.00 bits per heavy atom. The van der Waals surface area contributed by atoms with Crippen molar-refractivity contribution in [3.63, 3.8) is 0 Å². The molecule has 1 heterocycles. The number of rotatable bonds is 5. The number of aliphatic hydroxyl groups is 1. The smallest absolute Gasteiger partial charge is 0.225 e. The van der Waals surface area contributed by atoms with Crippen LogP contribution in [0.2, 0.25) is 0 Å². The Morgan fingerprint density at radius 3 is 2.63 bits per heavy atom. The Morgan fingerprint density at radius 1 is 1.37 bits per heavy atom. The Hall–Kier alpha value is -0.650. The van der Waals surface area contributed by atoms with Gasteiger partial charge in [-0.25, -0.2) is 0 Å². The summed E-state index contributed by atoms with van der Waals surface area (Å²) in [6, 6.07) is 0. The fourth-order valence-corrected chi connectivity index (χ4v) is 3.03. The van der Waals surface area contributed by atoms with Crippen LogP contribution in [0.25, 0.3) is 0 Å². The zero-order valence-corrected chi connectivity index (χ0v) is 11.9. The molecule has 110 valence electrons. The van der Waals surface area contributed by atoms with Gasteiger partial charge in [-0.15, -0.1) is 0 Å². The van der Waals surface area contributed by atoms with E-state index >= 15 is 0 Å². The Balaban J connectivity index is 1.70. The molecule has 1 aliphatic carbocycles. The van der Waals surface area contributed by atoms with Gasteiger partial charge >= 0.3 is 0 Å². The van der Waals surface area contributed by atoms with E-state index in [1.54, 1.807) is 4.90 Å². The summed E-state index contributed by atoms with van der Waals surface area (Å²) in [5.74, 6) is 0.402. The molecule has 2 rings (SSSR count). The molecule has 0 aromatic heterocycles. The Labute approximate surface area is 115 Å². The SMILES string of the molecule is CN(CC(O)CN1CCOCC1)C(=O)C1CCCC1. The predicted molar refractivity (Wildman–Crippen MR) is 72.9 cm³/mol. The number of hydrogen-bond donors (Lipinski definition) is 1. The van der Waals surface area contributed by atoms with E-state index < -0.39 is 6.10 Å². The van der Waals surface area contributed by atoms with Crippen LogP contribution >= 0.6 is 0 Å². The van der Waals surface area contributed by atoms with E-state index in [1.807, 2.05) is 7.05 Å². The quantitative estimate of drug-likeness (QED) is 0.782. The van der Waals surface area contributed by atoms with Gasteiger partial charge in [0, 0.05) is 39.1 Å². The lowest BCUT2D eigenvalue weighted by Crippen LogP contribution is -2.45. The van der Waals surface area contributed by atoms with Crippen LogP contribution in [0.15, 0.2) is 0 Å². The number of nitrogens with zero attached hydrogens (tertiary/aromatic N) is 2. The predicted octanol–water partition coefficient (Wildman–Crippen LogP) is 0.328. The van der Waals surface area contributed by atoms with Crippen molar-refractivity contribution < 1.29 is 14.6 Å². The van der Waals surface area contributed by atoms with E-state index in [4.69, 9.17) is 4.74 Å². The maximum Gasteiger partial charge on any atom is 0.225 e. The van der Waals surface area contributed by atoms with Crippen LogP contribution in [-0.4, -0.2) is 73.4 Å². The van der Waals surface area contributed by atoms with Crippen molar-refractivity contribution in [2.45, 2.75) is 31.8 Å². The summed E-state index contributed by atoms with van der Waals surface area (Å²) in [5.41, 5.74) is 0. The van der Waals surface area contributed by atoms with Gasteiger partial charge in [0.1, 0.15) is 0 Å². The van der Waals surface area contributed by atoms with Crippen LogP contribution in [0, 0.1) is 5.92 Å². The lowest BCUT2D eigenvalue weighted by molar-refractivity contribution is -0.135. The van der Waals surface area contributed by atoms with E-state index in [-0.39, 0.29) is 11.8 Å². The molecule has 1 atom stereocenters. The number of aliphatic hydroxyl groups excluding tert-OH is 1. The fourth-order valence-electron chi connectivity index (χ4n) is 3.03. The molecule has 0 spiro atoms. The van der Waals surface area contributed by atoms with Crippen molar-refractivity contribution in [3.8, 4) is 0 Å². The number of amides is 1. The molecule has 5 nitrogen and oxygen atoms in total. The van der Waals surface area contributed by atoms with Gasteiger partial charge in [0.25, 0.3) is 0 Å². The van der Waals surface area contributed by atoms with E-state index in [0.717, 1.165) is 39.1 Å². The van der Waals surface area contributed by atoms with Gasteiger partial charge in [0.15, 0.2) is 0 Å². The van der Waals surface area contributed by atoms with Crippen molar-refractivity contribution in [2.24, 2.45) is 5.92 Å². The molecule has 0 aromatic carbocycles. The molecule has 19 heavy (non-hydrogen) atoms. The number of β-amino-alcohol motifs (C(OH)–C–C–N with tert-alkyl or cyclic N) is 1. The average Bonchev–Trinajstić information content (AvgIpc) is 2.92. The van der Waals surface area contributed by atoms with Gasteiger partial charge in [0.05, 0.1) is 19.3 Å². The number of ether oxygens (including phenoxy) is 1. The highest BCUT2D eigenvalue weighted by atomic mass is 16.5. The number of likely N-dealkylation sites (N-methyl/N-ethyl adjacent to an activating group) is 1. The molecular formula is C14H26N2O3. The maximum atomic E-state index is 12.2. The third-order valence-electron chi connectivity index (χ3n) is 4.14.